The van der Waals surface area contributed by atoms with E-state index in [9.17, 15) is 14.4 Å². The average molecular weight is 416 g/mol. The summed E-state index contributed by atoms with van der Waals surface area (Å²) < 4.78 is 12.0. The molecule has 0 atom stereocenters. The third-order valence-corrected chi connectivity index (χ3v) is 4.87. The highest BCUT2D eigenvalue weighted by Gasteiger charge is 2.34. The number of carbonyl (C=O) groups is 3. The first-order chi connectivity index (χ1) is 15.1. The third-order valence-electron chi connectivity index (χ3n) is 4.87. The minimum Gasteiger partial charge on any atom is -0.462 e. The number of ether oxygens (including phenoxy) is 2. The molecule has 0 N–H and O–H groups in total. The lowest BCUT2D eigenvalue weighted by atomic mass is 10.0. The molecule has 0 unspecified atom stereocenters. The van der Waals surface area contributed by atoms with E-state index in [4.69, 9.17) is 9.47 Å². The molecule has 0 fully saturated rings. The van der Waals surface area contributed by atoms with Crippen molar-refractivity contribution in [3.63, 3.8) is 0 Å². The smallest absolute Gasteiger partial charge is 0.341 e. The van der Waals surface area contributed by atoms with Gasteiger partial charge in [0.05, 0.1) is 36.0 Å². The minimum atomic E-state index is -0.766. The Hall–Kier alpha value is -4.00. The summed E-state index contributed by atoms with van der Waals surface area (Å²) in [5, 5.41) is 0. The molecule has 0 aliphatic rings. The van der Waals surface area contributed by atoms with E-state index in [0.717, 1.165) is 0 Å². The lowest BCUT2D eigenvalue weighted by molar-refractivity contribution is 0.0480. The molecule has 0 saturated carbocycles. The van der Waals surface area contributed by atoms with Gasteiger partial charge < -0.3 is 13.9 Å². The van der Waals surface area contributed by atoms with Crippen LogP contribution in [0.25, 0.3) is 16.6 Å². The summed E-state index contributed by atoms with van der Waals surface area (Å²) in [7, 11) is 0. The zero-order chi connectivity index (χ0) is 22.0. The normalized spacial score (nSPS) is 10.9. The fourth-order valence-corrected chi connectivity index (χ4v) is 3.61. The molecule has 0 radical (unpaired) electrons. The van der Waals surface area contributed by atoms with Crippen LogP contribution in [0.5, 0.6) is 0 Å². The Morgan fingerprint density at radius 1 is 0.806 bits per heavy atom. The number of nitrogens with zero attached hydrogens (tertiary/aromatic N) is 2. The first kappa shape index (κ1) is 20.3. The highest BCUT2D eigenvalue weighted by atomic mass is 16.5. The van der Waals surface area contributed by atoms with E-state index in [-0.39, 0.29) is 30.0 Å². The van der Waals surface area contributed by atoms with Gasteiger partial charge in [-0.25, -0.2) is 9.59 Å². The molecule has 156 valence electrons. The lowest BCUT2D eigenvalue weighted by Crippen LogP contribution is -2.17. The Morgan fingerprint density at radius 2 is 1.42 bits per heavy atom. The van der Waals surface area contributed by atoms with E-state index in [1.807, 2.05) is 6.07 Å². The van der Waals surface area contributed by atoms with E-state index in [1.165, 1.54) is 6.20 Å². The maximum Gasteiger partial charge on any atom is 0.341 e. The zero-order valence-corrected chi connectivity index (χ0v) is 17.1. The van der Waals surface area contributed by atoms with Crippen molar-refractivity contribution >= 4 is 34.3 Å². The summed E-state index contributed by atoms with van der Waals surface area (Å²) in [6.07, 6.45) is 1.47. The molecule has 31 heavy (non-hydrogen) atoms. The van der Waals surface area contributed by atoms with Gasteiger partial charge >= 0.3 is 11.9 Å². The van der Waals surface area contributed by atoms with E-state index in [1.54, 1.807) is 66.8 Å². The summed E-state index contributed by atoms with van der Waals surface area (Å²) in [4.78, 5) is 44.0. The first-order valence-corrected chi connectivity index (χ1v) is 9.94. The van der Waals surface area contributed by atoms with Gasteiger partial charge in [0, 0.05) is 5.56 Å². The van der Waals surface area contributed by atoms with Gasteiger partial charge in [0.25, 0.3) is 0 Å². The third kappa shape index (κ3) is 3.44. The van der Waals surface area contributed by atoms with Crippen LogP contribution in [0.1, 0.15) is 50.6 Å². The number of hydrogen-bond acceptors (Lipinski definition) is 6. The largest absolute Gasteiger partial charge is 0.462 e. The monoisotopic (exact) mass is 416 g/mol. The molecule has 0 spiro atoms. The predicted octanol–water partition coefficient (Wildman–Crippen LogP) is 4.07. The van der Waals surface area contributed by atoms with Crippen molar-refractivity contribution in [3.8, 4) is 0 Å². The van der Waals surface area contributed by atoms with Crippen molar-refractivity contribution in [1.82, 2.24) is 9.38 Å². The number of benzene rings is 2. The van der Waals surface area contributed by atoms with Crippen LogP contribution in [0.3, 0.4) is 0 Å². The van der Waals surface area contributed by atoms with Crippen molar-refractivity contribution in [2.24, 2.45) is 0 Å². The second-order valence-electron chi connectivity index (χ2n) is 6.70. The van der Waals surface area contributed by atoms with Crippen molar-refractivity contribution in [2.45, 2.75) is 13.8 Å². The molecular weight excluding hydrogens is 396 g/mol. The second kappa shape index (κ2) is 8.39. The highest BCUT2D eigenvalue weighted by Crippen LogP contribution is 2.30. The summed E-state index contributed by atoms with van der Waals surface area (Å²) in [5.41, 5.74) is 1.77. The van der Waals surface area contributed by atoms with E-state index < -0.39 is 17.7 Å². The molecule has 0 aliphatic heterocycles. The second-order valence-corrected chi connectivity index (χ2v) is 6.70. The van der Waals surface area contributed by atoms with Gasteiger partial charge in [-0.2, -0.15) is 0 Å². The van der Waals surface area contributed by atoms with E-state index in [2.05, 4.69) is 4.98 Å². The molecule has 4 rings (SSSR count). The van der Waals surface area contributed by atoms with Gasteiger partial charge in [0.15, 0.2) is 0 Å². The molecule has 2 aromatic heterocycles. The minimum absolute atomic E-state index is 0.0298. The van der Waals surface area contributed by atoms with Crippen molar-refractivity contribution in [3.05, 3.63) is 83.2 Å². The summed E-state index contributed by atoms with van der Waals surface area (Å²) in [6.45, 7) is 3.53. The molecular formula is C24H20N2O5. The van der Waals surface area contributed by atoms with Crippen molar-refractivity contribution in [2.75, 3.05) is 13.2 Å². The number of carbonyl (C=O) groups excluding carboxylic acids is 3. The van der Waals surface area contributed by atoms with E-state index in [0.29, 0.717) is 22.1 Å². The molecule has 0 amide bonds. The number of aromatic nitrogens is 2. The SMILES string of the molecule is CCOC(=O)c1c(C(=O)OCC)c2cnc3ccccc3n2c1C(=O)c1ccccc1. The maximum atomic E-state index is 13.6. The molecule has 0 saturated heterocycles. The standard InChI is InChI=1S/C24H20N2O5/c1-3-30-23(28)19-18-14-25-16-12-8-9-13-17(16)26(18)21(20(19)24(29)31-4-2)22(27)15-10-6-5-7-11-15/h5-14H,3-4H2,1-2H3. The van der Waals surface area contributed by atoms with Crippen molar-refractivity contribution < 1.29 is 23.9 Å². The number of ketones is 1. The number of rotatable bonds is 6. The van der Waals surface area contributed by atoms with Gasteiger partial charge in [-0.05, 0) is 26.0 Å². The Morgan fingerprint density at radius 3 is 2.10 bits per heavy atom. The van der Waals surface area contributed by atoms with Gasteiger partial charge in [-0.15, -0.1) is 0 Å². The van der Waals surface area contributed by atoms with Gasteiger partial charge in [-0.3, -0.25) is 9.78 Å². The fraction of sp³-hybridized carbons (Fsp3) is 0.167. The molecule has 0 bridgehead atoms. The molecule has 0 aliphatic carbocycles. The summed E-state index contributed by atoms with van der Waals surface area (Å²) >= 11 is 0. The molecule has 4 aromatic rings. The highest BCUT2D eigenvalue weighted by molar-refractivity contribution is 6.20. The predicted molar refractivity (Wildman–Crippen MR) is 114 cm³/mol. The van der Waals surface area contributed by atoms with Crippen LogP contribution in [0.15, 0.2) is 60.8 Å². The van der Waals surface area contributed by atoms with Crippen LogP contribution >= 0.6 is 0 Å². The van der Waals surface area contributed by atoms with Gasteiger partial charge in [0.1, 0.15) is 16.8 Å². The Labute approximate surface area is 178 Å². The Kier molecular flexibility index (Phi) is 5.49. The summed E-state index contributed by atoms with van der Waals surface area (Å²) in [5.74, 6) is -1.89. The number of esters is 2. The van der Waals surface area contributed by atoms with Crippen LogP contribution in [-0.2, 0) is 9.47 Å². The molecule has 7 nitrogen and oxygen atoms in total. The van der Waals surface area contributed by atoms with Gasteiger partial charge in [-0.1, -0.05) is 42.5 Å². The topological polar surface area (TPSA) is 87.0 Å². The lowest BCUT2D eigenvalue weighted by Gasteiger charge is -2.08. The average Bonchev–Trinajstić information content (AvgIpc) is 3.15. The molecule has 2 aromatic carbocycles. The first-order valence-electron chi connectivity index (χ1n) is 9.94. The molecule has 7 heteroatoms. The number of hydrogen-bond donors (Lipinski definition) is 0. The van der Waals surface area contributed by atoms with Crippen molar-refractivity contribution in [1.29, 1.82) is 0 Å². The Bertz CT molecular complexity index is 1310. The quantitative estimate of drug-likeness (QED) is 0.348. The van der Waals surface area contributed by atoms with Crippen LogP contribution < -0.4 is 0 Å². The fourth-order valence-electron chi connectivity index (χ4n) is 3.61. The molecule has 2 heterocycles. The zero-order valence-electron chi connectivity index (χ0n) is 17.1. The van der Waals surface area contributed by atoms with Gasteiger partial charge in [0.2, 0.25) is 5.78 Å². The van der Waals surface area contributed by atoms with E-state index >= 15 is 0 Å². The van der Waals surface area contributed by atoms with Crippen LogP contribution in [0, 0.1) is 0 Å². The number of fused-ring (bicyclic) bond motifs is 3. The van der Waals surface area contributed by atoms with Crippen LogP contribution in [-0.4, -0.2) is 40.3 Å². The Balaban J connectivity index is 2.17. The van der Waals surface area contributed by atoms with Crippen LogP contribution in [0.4, 0.5) is 0 Å². The van der Waals surface area contributed by atoms with Crippen LogP contribution in [0.2, 0.25) is 0 Å². The summed E-state index contributed by atoms with van der Waals surface area (Å²) in [6, 6.07) is 15.8. The number of para-hydroxylation sites is 2. The maximum absolute atomic E-state index is 13.6.